The zero-order chi connectivity index (χ0) is 14.5. The highest BCUT2D eigenvalue weighted by Crippen LogP contribution is 2.20. The van der Waals surface area contributed by atoms with Crippen LogP contribution in [-0.2, 0) is 4.79 Å². The second-order valence-electron chi connectivity index (χ2n) is 4.15. The zero-order valence-corrected chi connectivity index (χ0v) is 11.9. The summed E-state index contributed by atoms with van der Waals surface area (Å²) in [5.41, 5.74) is 0.710. The van der Waals surface area contributed by atoms with Crippen molar-refractivity contribution >= 4 is 34.8 Å². The van der Waals surface area contributed by atoms with Crippen LogP contribution in [-0.4, -0.2) is 17.0 Å². The van der Waals surface area contributed by atoms with E-state index in [2.05, 4.69) is 5.32 Å². The van der Waals surface area contributed by atoms with Crippen LogP contribution in [0.1, 0.15) is 27.7 Å². The monoisotopic (exact) mass is 309 g/mol. The third kappa shape index (κ3) is 3.82. The van der Waals surface area contributed by atoms with Crippen molar-refractivity contribution in [3.63, 3.8) is 0 Å². The molecule has 6 heteroatoms. The van der Waals surface area contributed by atoms with Gasteiger partial charge < -0.3 is 10.4 Å². The molecule has 1 atom stereocenters. The van der Waals surface area contributed by atoms with Crippen molar-refractivity contribution in [3.8, 4) is 0 Å². The first-order valence-electron chi connectivity index (χ1n) is 5.88. The molecule has 2 N–H and O–H groups in total. The summed E-state index contributed by atoms with van der Waals surface area (Å²) in [6.45, 7) is 0. The molecule has 0 saturated carbocycles. The van der Waals surface area contributed by atoms with Gasteiger partial charge in [0.25, 0.3) is 5.91 Å². The molecule has 0 aliphatic heterocycles. The third-order valence-corrected chi connectivity index (χ3v) is 3.82. The molecule has 0 spiro atoms. The van der Waals surface area contributed by atoms with E-state index < -0.39 is 12.0 Å². The fourth-order valence-electron chi connectivity index (χ4n) is 1.76. The number of benzene rings is 1. The number of nitrogens with one attached hydrogen (secondary N) is 1. The normalized spacial score (nSPS) is 11.8. The lowest BCUT2D eigenvalue weighted by atomic mass is 10.0. The number of amides is 1. The number of thiophene rings is 1. The Morgan fingerprint density at radius 2 is 1.95 bits per heavy atom. The summed E-state index contributed by atoms with van der Waals surface area (Å²) in [6, 6.07) is 9.65. The number of carboxylic acids is 1. The predicted octanol–water partition coefficient (Wildman–Crippen LogP) is 3.35. The molecular formula is C14H12ClNO3S. The molecule has 4 nitrogen and oxygen atoms in total. The van der Waals surface area contributed by atoms with Crippen molar-refractivity contribution in [1.29, 1.82) is 0 Å². The van der Waals surface area contributed by atoms with Crippen molar-refractivity contribution in [2.45, 2.75) is 12.5 Å². The molecule has 0 aliphatic carbocycles. The Labute approximate surface area is 125 Å². The second-order valence-corrected chi connectivity index (χ2v) is 5.54. The molecule has 104 valence electrons. The number of hydrogen-bond donors (Lipinski definition) is 2. The summed E-state index contributed by atoms with van der Waals surface area (Å²) < 4.78 is 0. The van der Waals surface area contributed by atoms with E-state index in [0.717, 1.165) is 0 Å². The van der Waals surface area contributed by atoms with Gasteiger partial charge in [-0.2, -0.15) is 0 Å². The Kier molecular flexibility index (Phi) is 4.76. The first kappa shape index (κ1) is 14.6. The molecule has 20 heavy (non-hydrogen) atoms. The van der Waals surface area contributed by atoms with Crippen LogP contribution in [0.2, 0.25) is 5.02 Å². The van der Waals surface area contributed by atoms with E-state index in [1.54, 1.807) is 41.8 Å². The van der Waals surface area contributed by atoms with E-state index in [1.165, 1.54) is 11.3 Å². The van der Waals surface area contributed by atoms with Crippen molar-refractivity contribution in [2.75, 3.05) is 0 Å². The fourth-order valence-corrected chi connectivity index (χ4v) is 2.51. The van der Waals surface area contributed by atoms with E-state index in [0.29, 0.717) is 15.5 Å². The summed E-state index contributed by atoms with van der Waals surface area (Å²) >= 11 is 7.12. The maximum atomic E-state index is 12.0. The Bertz CT molecular complexity index is 595. The van der Waals surface area contributed by atoms with Crippen LogP contribution in [0.25, 0.3) is 0 Å². The highest BCUT2D eigenvalue weighted by molar-refractivity contribution is 7.12. The van der Waals surface area contributed by atoms with Crippen molar-refractivity contribution in [3.05, 3.63) is 57.2 Å². The van der Waals surface area contributed by atoms with Crippen LogP contribution in [0.3, 0.4) is 0 Å². The summed E-state index contributed by atoms with van der Waals surface area (Å²) in [7, 11) is 0. The number of aliphatic carboxylic acids is 1. The number of hydrogen-bond acceptors (Lipinski definition) is 3. The number of halogens is 1. The Morgan fingerprint density at radius 3 is 2.50 bits per heavy atom. The topological polar surface area (TPSA) is 66.4 Å². The SMILES string of the molecule is O=C(O)C[C@@H](NC(=O)c1cccs1)c1ccc(Cl)cc1. The average molecular weight is 310 g/mol. The van der Waals surface area contributed by atoms with Gasteiger partial charge in [0.2, 0.25) is 0 Å². The lowest BCUT2D eigenvalue weighted by Gasteiger charge is -2.17. The molecule has 0 bridgehead atoms. The van der Waals surface area contributed by atoms with E-state index in [1.807, 2.05) is 0 Å². The Balaban J connectivity index is 2.17. The van der Waals surface area contributed by atoms with Gasteiger partial charge in [-0.25, -0.2) is 0 Å². The van der Waals surface area contributed by atoms with Gasteiger partial charge in [0.1, 0.15) is 0 Å². The third-order valence-electron chi connectivity index (χ3n) is 2.70. The van der Waals surface area contributed by atoms with Gasteiger partial charge >= 0.3 is 5.97 Å². The molecule has 0 aliphatic rings. The standard InChI is InChI=1S/C14H12ClNO3S/c15-10-5-3-9(4-6-10)11(8-13(17)18)16-14(19)12-2-1-7-20-12/h1-7,11H,8H2,(H,16,19)(H,17,18)/t11-/m1/s1. The molecule has 0 saturated heterocycles. The number of carbonyl (C=O) groups is 2. The van der Waals surface area contributed by atoms with Gasteiger partial charge in [-0.05, 0) is 29.1 Å². The molecule has 1 aromatic carbocycles. The maximum absolute atomic E-state index is 12.0. The van der Waals surface area contributed by atoms with Crippen LogP contribution in [0.5, 0.6) is 0 Å². The average Bonchev–Trinajstić information content (AvgIpc) is 2.92. The minimum atomic E-state index is -0.976. The van der Waals surface area contributed by atoms with Gasteiger partial charge in [0.15, 0.2) is 0 Å². The molecule has 1 aromatic heterocycles. The molecule has 0 fully saturated rings. The van der Waals surface area contributed by atoms with Gasteiger partial charge in [-0.1, -0.05) is 29.8 Å². The molecule has 1 heterocycles. The quantitative estimate of drug-likeness (QED) is 0.890. The van der Waals surface area contributed by atoms with E-state index >= 15 is 0 Å². The summed E-state index contributed by atoms with van der Waals surface area (Å²) in [6.07, 6.45) is -0.182. The van der Waals surface area contributed by atoms with Gasteiger partial charge in [-0.15, -0.1) is 11.3 Å². The largest absolute Gasteiger partial charge is 0.481 e. The van der Waals surface area contributed by atoms with Gasteiger partial charge in [0, 0.05) is 5.02 Å². The first-order chi connectivity index (χ1) is 9.56. The molecule has 2 rings (SSSR count). The van der Waals surface area contributed by atoms with Gasteiger partial charge in [-0.3, -0.25) is 9.59 Å². The highest BCUT2D eigenvalue weighted by atomic mass is 35.5. The fraction of sp³-hybridized carbons (Fsp3) is 0.143. The predicted molar refractivity (Wildman–Crippen MR) is 78.2 cm³/mol. The smallest absolute Gasteiger partial charge is 0.305 e. The molecular weight excluding hydrogens is 298 g/mol. The second kappa shape index (κ2) is 6.54. The molecule has 2 aromatic rings. The number of carboxylic acid groups (broad SMARTS) is 1. The lowest BCUT2D eigenvalue weighted by Crippen LogP contribution is -2.29. The van der Waals surface area contributed by atoms with Crippen LogP contribution in [0.4, 0.5) is 0 Å². The highest BCUT2D eigenvalue weighted by Gasteiger charge is 2.19. The van der Waals surface area contributed by atoms with Crippen LogP contribution >= 0.6 is 22.9 Å². The maximum Gasteiger partial charge on any atom is 0.305 e. The van der Waals surface area contributed by atoms with Crippen molar-refractivity contribution in [2.24, 2.45) is 0 Å². The first-order valence-corrected chi connectivity index (χ1v) is 7.13. The number of rotatable bonds is 5. The van der Waals surface area contributed by atoms with Gasteiger partial charge in [0.05, 0.1) is 17.3 Å². The summed E-state index contributed by atoms with van der Waals surface area (Å²) in [5, 5.41) is 14.1. The summed E-state index contributed by atoms with van der Waals surface area (Å²) in [5.74, 6) is -1.25. The van der Waals surface area contributed by atoms with E-state index in [4.69, 9.17) is 16.7 Å². The van der Waals surface area contributed by atoms with Crippen molar-refractivity contribution < 1.29 is 14.7 Å². The molecule has 0 radical (unpaired) electrons. The molecule has 1 amide bonds. The Hall–Kier alpha value is -1.85. The lowest BCUT2D eigenvalue weighted by molar-refractivity contribution is -0.137. The van der Waals surface area contributed by atoms with Crippen LogP contribution in [0, 0.1) is 0 Å². The van der Waals surface area contributed by atoms with Crippen LogP contribution < -0.4 is 5.32 Å². The van der Waals surface area contributed by atoms with E-state index in [9.17, 15) is 9.59 Å². The van der Waals surface area contributed by atoms with Crippen LogP contribution in [0.15, 0.2) is 41.8 Å². The van der Waals surface area contributed by atoms with Crippen molar-refractivity contribution in [1.82, 2.24) is 5.32 Å². The Morgan fingerprint density at radius 1 is 1.25 bits per heavy atom. The van der Waals surface area contributed by atoms with E-state index in [-0.39, 0.29) is 12.3 Å². The molecule has 0 unspecified atom stereocenters. The minimum absolute atomic E-state index is 0.182. The summed E-state index contributed by atoms with van der Waals surface area (Å²) in [4.78, 5) is 23.5. The number of carbonyl (C=O) groups excluding carboxylic acids is 1. The zero-order valence-electron chi connectivity index (χ0n) is 10.4. The minimum Gasteiger partial charge on any atom is -0.481 e.